The molecule has 2 rings (SSSR count). The molecule has 0 saturated carbocycles. The van der Waals surface area contributed by atoms with Crippen molar-refractivity contribution in [3.8, 4) is 0 Å². The largest absolute Gasteiger partial charge is 0.396 e. The first kappa shape index (κ1) is 10.5. The molecule has 1 saturated heterocycles. The van der Waals surface area contributed by atoms with Gasteiger partial charge in [-0.25, -0.2) is 0 Å². The predicted molar refractivity (Wildman–Crippen MR) is 63.2 cm³/mol. The van der Waals surface area contributed by atoms with Gasteiger partial charge in [0.1, 0.15) is 0 Å². The van der Waals surface area contributed by atoms with Gasteiger partial charge >= 0.3 is 0 Å². The molecule has 1 aromatic carbocycles. The Bertz CT molecular complexity index is 324. The molecule has 2 heteroatoms. The van der Waals surface area contributed by atoms with Crippen LogP contribution in [0.1, 0.15) is 18.4 Å². The Labute approximate surface area is 91.5 Å². The molecule has 1 aliphatic rings. The Morgan fingerprint density at radius 1 is 1.47 bits per heavy atom. The molecule has 1 heterocycles. The molecule has 0 aliphatic carbocycles. The Hall–Kier alpha value is -1.02. The summed E-state index contributed by atoms with van der Waals surface area (Å²) in [6.07, 6.45) is 2.36. The third-order valence-electron chi connectivity index (χ3n) is 3.14. The van der Waals surface area contributed by atoms with Gasteiger partial charge in [0, 0.05) is 25.4 Å². The van der Waals surface area contributed by atoms with Crippen LogP contribution in [0.5, 0.6) is 0 Å². The van der Waals surface area contributed by atoms with Crippen LogP contribution in [0.3, 0.4) is 0 Å². The molecular weight excluding hydrogens is 186 g/mol. The highest BCUT2D eigenvalue weighted by atomic mass is 16.3. The zero-order valence-electron chi connectivity index (χ0n) is 9.32. The van der Waals surface area contributed by atoms with Gasteiger partial charge in [-0.3, -0.25) is 0 Å². The second kappa shape index (κ2) is 4.67. The fourth-order valence-corrected chi connectivity index (χ4v) is 2.27. The van der Waals surface area contributed by atoms with Gasteiger partial charge in [-0.05, 0) is 43.4 Å². The number of aliphatic hydroxyl groups is 1. The second-order valence-corrected chi connectivity index (χ2v) is 4.48. The van der Waals surface area contributed by atoms with E-state index in [1.807, 2.05) is 0 Å². The van der Waals surface area contributed by atoms with Gasteiger partial charge in [-0.15, -0.1) is 0 Å². The van der Waals surface area contributed by atoms with Crippen molar-refractivity contribution in [1.82, 2.24) is 0 Å². The highest BCUT2D eigenvalue weighted by Crippen LogP contribution is 2.23. The standard InChI is InChI=1S/C13H19NO/c1-11-4-2-6-13(8-11)14-7-3-5-12(9-14)10-15/h2,4,6,8,12,15H,3,5,7,9-10H2,1H3. The van der Waals surface area contributed by atoms with Crippen LogP contribution < -0.4 is 4.90 Å². The van der Waals surface area contributed by atoms with E-state index in [0.29, 0.717) is 12.5 Å². The molecule has 2 nitrogen and oxygen atoms in total. The van der Waals surface area contributed by atoms with Crippen LogP contribution in [-0.4, -0.2) is 24.8 Å². The van der Waals surface area contributed by atoms with Gasteiger partial charge in [0.2, 0.25) is 0 Å². The van der Waals surface area contributed by atoms with Gasteiger partial charge in [0.15, 0.2) is 0 Å². The van der Waals surface area contributed by atoms with Crippen LogP contribution in [0.15, 0.2) is 24.3 Å². The molecule has 0 bridgehead atoms. The Balaban J connectivity index is 2.09. The van der Waals surface area contributed by atoms with Gasteiger partial charge in [0.05, 0.1) is 0 Å². The smallest absolute Gasteiger partial charge is 0.0476 e. The molecule has 1 fully saturated rings. The Kier molecular flexibility index (Phi) is 3.27. The lowest BCUT2D eigenvalue weighted by atomic mass is 9.98. The second-order valence-electron chi connectivity index (χ2n) is 4.48. The molecule has 15 heavy (non-hydrogen) atoms. The van der Waals surface area contributed by atoms with E-state index >= 15 is 0 Å². The zero-order valence-corrected chi connectivity index (χ0v) is 9.32. The van der Waals surface area contributed by atoms with Gasteiger partial charge < -0.3 is 10.0 Å². The third-order valence-corrected chi connectivity index (χ3v) is 3.14. The molecule has 1 aliphatic heterocycles. The summed E-state index contributed by atoms with van der Waals surface area (Å²) in [5, 5.41) is 9.18. The topological polar surface area (TPSA) is 23.5 Å². The summed E-state index contributed by atoms with van der Waals surface area (Å²) in [7, 11) is 0. The van der Waals surface area contributed by atoms with E-state index in [9.17, 15) is 5.11 Å². The van der Waals surface area contributed by atoms with Crippen molar-refractivity contribution in [2.24, 2.45) is 5.92 Å². The highest BCUT2D eigenvalue weighted by molar-refractivity contribution is 5.48. The normalized spacial score (nSPS) is 21.7. The summed E-state index contributed by atoms with van der Waals surface area (Å²) in [5.74, 6) is 0.458. The van der Waals surface area contributed by atoms with Crippen LogP contribution >= 0.6 is 0 Å². The lowest BCUT2D eigenvalue weighted by Crippen LogP contribution is -2.36. The molecule has 0 radical (unpaired) electrons. The minimum atomic E-state index is 0.322. The van der Waals surface area contributed by atoms with E-state index in [1.54, 1.807) is 0 Å². The zero-order chi connectivity index (χ0) is 10.7. The molecule has 82 valence electrons. The molecule has 0 aromatic heterocycles. The molecule has 1 aromatic rings. The quantitative estimate of drug-likeness (QED) is 0.800. The summed E-state index contributed by atoms with van der Waals surface area (Å²) in [6.45, 7) is 4.57. The minimum Gasteiger partial charge on any atom is -0.396 e. The molecule has 1 unspecified atom stereocenters. The fourth-order valence-electron chi connectivity index (χ4n) is 2.27. The highest BCUT2D eigenvalue weighted by Gasteiger charge is 2.19. The number of nitrogens with zero attached hydrogens (tertiary/aromatic N) is 1. The summed E-state index contributed by atoms with van der Waals surface area (Å²) < 4.78 is 0. The van der Waals surface area contributed by atoms with E-state index < -0.39 is 0 Å². The van der Waals surface area contributed by atoms with Crippen LogP contribution in [0.4, 0.5) is 5.69 Å². The number of hydrogen-bond acceptors (Lipinski definition) is 2. The van der Waals surface area contributed by atoms with E-state index in [4.69, 9.17) is 0 Å². The van der Waals surface area contributed by atoms with Crippen LogP contribution in [-0.2, 0) is 0 Å². The van der Waals surface area contributed by atoms with Crippen molar-refractivity contribution in [1.29, 1.82) is 0 Å². The molecule has 1 N–H and O–H groups in total. The Morgan fingerprint density at radius 2 is 2.33 bits per heavy atom. The van der Waals surface area contributed by atoms with Gasteiger partial charge in [0.25, 0.3) is 0 Å². The summed E-state index contributed by atoms with van der Waals surface area (Å²) in [5.41, 5.74) is 2.60. The molecule has 1 atom stereocenters. The average molecular weight is 205 g/mol. The number of hydrogen-bond donors (Lipinski definition) is 1. The fraction of sp³-hybridized carbons (Fsp3) is 0.538. The monoisotopic (exact) mass is 205 g/mol. The van der Waals surface area contributed by atoms with E-state index in [1.165, 1.54) is 24.1 Å². The van der Waals surface area contributed by atoms with Gasteiger partial charge in [-0.2, -0.15) is 0 Å². The lowest BCUT2D eigenvalue weighted by molar-refractivity contribution is 0.209. The predicted octanol–water partition coefficient (Wildman–Crippen LogP) is 2.20. The number of piperidine rings is 1. The molecule has 0 spiro atoms. The average Bonchev–Trinajstić information content (AvgIpc) is 2.29. The minimum absolute atomic E-state index is 0.322. The van der Waals surface area contributed by atoms with Crippen molar-refractivity contribution in [2.45, 2.75) is 19.8 Å². The summed E-state index contributed by atoms with van der Waals surface area (Å²) in [6, 6.07) is 8.61. The van der Waals surface area contributed by atoms with Crippen molar-refractivity contribution in [3.05, 3.63) is 29.8 Å². The molecular formula is C13H19NO. The van der Waals surface area contributed by atoms with E-state index in [-0.39, 0.29) is 0 Å². The third kappa shape index (κ3) is 2.51. The maximum Gasteiger partial charge on any atom is 0.0476 e. The maximum atomic E-state index is 9.18. The van der Waals surface area contributed by atoms with E-state index in [2.05, 4.69) is 36.1 Å². The van der Waals surface area contributed by atoms with Crippen molar-refractivity contribution in [3.63, 3.8) is 0 Å². The number of aliphatic hydroxyl groups excluding tert-OH is 1. The number of anilines is 1. The van der Waals surface area contributed by atoms with E-state index in [0.717, 1.165) is 13.1 Å². The number of rotatable bonds is 2. The first-order chi connectivity index (χ1) is 7.29. The van der Waals surface area contributed by atoms with Crippen LogP contribution in [0, 0.1) is 12.8 Å². The maximum absolute atomic E-state index is 9.18. The number of benzene rings is 1. The summed E-state index contributed by atoms with van der Waals surface area (Å²) >= 11 is 0. The first-order valence-electron chi connectivity index (χ1n) is 5.72. The van der Waals surface area contributed by atoms with Crippen LogP contribution in [0.25, 0.3) is 0 Å². The van der Waals surface area contributed by atoms with Gasteiger partial charge in [-0.1, -0.05) is 12.1 Å². The SMILES string of the molecule is Cc1cccc(N2CCCC(CO)C2)c1. The summed E-state index contributed by atoms with van der Waals surface area (Å²) in [4.78, 5) is 2.39. The number of aryl methyl sites for hydroxylation is 1. The van der Waals surface area contributed by atoms with Crippen molar-refractivity contribution in [2.75, 3.05) is 24.6 Å². The first-order valence-corrected chi connectivity index (χ1v) is 5.72. The van der Waals surface area contributed by atoms with Crippen molar-refractivity contribution < 1.29 is 5.11 Å². The van der Waals surface area contributed by atoms with Crippen LogP contribution in [0.2, 0.25) is 0 Å². The Morgan fingerprint density at radius 3 is 3.07 bits per heavy atom. The lowest BCUT2D eigenvalue weighted by Gasteiger charge is -2.33. The molecule has 0 amide bonds. The van der Waals surface area contributed by atoms with Crippen molar-refractivity contribution >= 4 is 5.69 Å².